The summed E-state index contributed by atoms with van der Waals surface area (Å²) in [6.45, 7) is 4.65. The summed E-state index contributed by atoms with van der Waals surface area (Å²) in [4.78, 5) is 29.1. The van der Waals surface area contributed by atoms with E-state index in [0.717, 1.165) is 25.9 Å². The Labute approximate surface area is 142 Å². The standard InChI is InChI=1S/C18H22N4O2/c1-2-15-11-21-9-3-4-16(21)12-22(15)18(24)17(23)20-14-7-5-13(10-19)6-8-14/h5-8,15-16H,2-4,9,11-12H2,1H3,(H,20,23)/t15-,16-/m1/s1. The van der Waals surface area contributed by atoms with Crippen molar-refractivity contribution >= 4 is 17.5 Å². The van der Waals surface area contributed by atoms with Gasteiger partial charge in [-0.15, -0.1) is 0 Å². The Bertz CT molecular complexity index is 665. The molecule has 0 bridgehead atoms. The lowest BCUT2D eigenvalue weighted by atomic mass is 10.0. The van der Waals surface area contributed by atoms with Gasteiger partial charge in [-0.1, -0.05) is 6.92 Å². The van der Waals surface area contributed by atoms with Crippen molar-refractivity contribution in [2.24, 2.45) is 0 Å². The van der Waals surface area contributed by atoms with Crippen LogP contribution >= 0.6 is 0 Å². The molecule has 0 radical (unpaired) electrons. The first-order valence-corrected chi connectivity index (χ1v) is 8.48. The summed E-state index contributed by atoms with van der Waals surface area (Å²) in [5, 5.41) is 11.4. The minimum Gasteiger partial charge on any atom is -0.329 e. The smallest absolute Gasteiger partial charge is 0.313 e. The summed E-state index contributed by atoms with van der Waals surface area (Å²) in [6, 6.07) is 9.01. The zero-order valence-corrected chi connectivity index (χ0v) is 13.9. The molecule has 2 amide bonds. The molecule has 2 fully saturated rings. The van der Waals surface area contributed by atoms with Crippen LogP contribution in [0.4, 0.5) is 5.69 Å². The number of rotatable bonds is 2. The average Bonchev–Trinajstić information content (AvgIpc) is 3.07. The van der Waals surface area contributed by atoms with E-state index in [1.807, 2.05) is 6.07 Å². The second kappa shape index (κ2) is 7.02. The third-order valence-corrected chi connectivity index (χ3v) is 4.99. The van der Waals surface area contributed by atoms with Gasteiger partial charge in [-0.3, -0.25) is 14.5 Å². The van der Waals surface area contributed by atoms with E-state index >= 15 is 0 Å². The minimum atomic E-state index is -0.607. The lowest BCUT2D eigenvalue weighted by Crippen LogP contribution is -2.59. The van der Waals surface area contributed by atoms with Crippen molar-refractivity contribution in [2.75, 3.05) is 25.0 Å². The van der Waals surface area contributed by atoms with Gasteiger partial charge in [0.1, 0.15) is 0 Å². The predicted molar refractivity (Wildman–Crippen MR) is 90.2 cm³/mol. The van der Waals surface area contributed by atoms with Crippen LogP contribution in [0.25, 0.3) is 0 Å². The number of hydrogen-bond acceptors (Lipinski definition) is 4. The van der Waals surface area contributed by atoms with E-state index in [2.05, 4.69) is 17.1 Å². The number of anilines is 1. The molecule has 0 saturated carbocycles. The van der Waals surface area contributed by atoms with Crippen LogP contribution < -0.4 is 5.32 Å². The number of nitriles is 1. The van der Waals surface area contributed by atoms with Gasteiger partial charge in [0.2, 0.25) is 0 Å². The highest BCUT2D eigenvalue weighted by molar-refractivity contribution is 6.39. The molecule has 2 aliphatic rings. The van der Waals surface area contributed by atoms with Crippen molar-refractivity contribution in [3.05, 3.63) is 29.8 Å². The van der Waals surface area contributed by atoms with E-state index < -0.39 is 11.8 Å². The molecule has 2 atom stereocenters. The number of piperazine rings is 1. The summed E-state index contributed by atoms with van der Waals surface area (Å²) in [5.74, 6) is -1.07. The summed E-state index contributed by atoms with van der Waals surface area (Å²) < 4.78 is 0. The molecule has 3 rings (SSSR count). The Kier molecular flexibility index (Phi) is 4.81. The monoisotopic (exact) mass is 326 g/mol. The van der Waals surface area contributed by atoms with Crippen LogP contribution in [0.1, 0.15) is 31.7 Å². The third-order valence-electron chi connectivity index (χ3n) is 4.99. The van der Waals surface area contributed by atoms with Crippen LogP contribution in [-0.4, -0.2) is 53.3 Å². The van der Waals surface area contributed by atoms with E-state index in [1.165, 1.54) is 6.42 Å². The van der Waals surface area contributed by atoms with Crippen molar-refractivity contribution in [2.45, 2.75) is 38.3 Å². The molecular weight excluding hydrogens is 304 g/mol. The molecule has 2 heterocycles. The Hall–Kier alpha value is -2.39. The largest absolute Gasteiger partial charge is 0.329 e. The van der Waals surface area contributed by atoms with Crippen LogP contribution in [0, 0.1) is 11.3 Å². The molecule has 2 aliphatic heterocycles. The topological polar surface area (TPSA) is 76.4 Å². The van der Waals surface area contributed by atoms with Crippen LogP contribution in [0.3, 0.4) is 0 Å². The summed E-state index contributed by atoms with van der Waals surface area (Å²) in [5.41, 5.74) is 1.04. The lowest BCUT2D eigenvalue weighted by Gasteiger charge is -2.43. The van der Waals surface area contributed by atoms with Gasteiger partial charge in [0.05, 0.1) is 11.6 Å². The number of carbonyl (C=O) groups is 2. The van der Waals surface area contributed by atoms with Gasteiger partial charge in [0.15, 0.2) is 0 Å². The predicted octanol–water partition coefficient (Wildman–Crippen LogP) is 1.58. The SMILES string of the molecule is CC[C@@H]1CN2CCC[C@@H]2CN1C(=O)C(=O)Nc1ccc(C#N)cc1. The highest BCUT2D eigenvalue weighted by atomic mass is 16.2. The zero-order chi connectivity index (χ0) is 17.1. The van der Waals surface area contributed by atoms with Gasteiger partial charge in [0.25, 0.3) is 0 Å². The number of nitrogens with one attached hydrogen (secondary N) is 1. The van der Waals surface area contributed by atoms with Gasteiger partial charge in [-0.2, -0.15) is 5.26 Å². The number of fused-ring (bicyclic) bond motifs is 1. The maximum atomic E-state index is 12.6. The summed E-state index contributed by atoms with van der Waals surface area (Å²) in [7, 11) is 0. The maximum Gasteiger partial charge on any atom is 0.313 e. The quantitative estimate of drug-likeness (QED) is 0.837. The van der Waals surface area contributed by atoms with Crippen LogP contribution in [0.15, 0.2) is 24.3 Å². The van der Waals surface area contributed by atoms with Crippen molar-refractivity contribution in [1.82, 2.24) is 9.80 Å². The highest BCUT2D eigenvalue weighted by Crippen LogP contribution is 2.26. The number of carbonyl (C=O) groups excluding carboxylic acids is 2. The van der Waals surface area contributed by atoms with E-state index in [-0.39, 0.29) is 6.04 Å². The number of amides is 2. The van der Waals surface area contributed by atoms with Gasteiger partial charge in [-0.05, 0) is 50.1 Å². The molecule has 0 unspecified atom stereocenters. The fourth-order valence-corrected chi connectivity index (χ4v) is 3.63. The van der Waals surface area contributed by atoms with Crippen LogP contribution in [0.2, 0.25) is 0 Å². The van der Waals surface area contributed by atoms with Crippen molar-refractivity contribution in [3.8, 4) is 6.07 Å². The first kappa shape index (κ1) is 16.5. The molecule has 0 aliphatic carbocycles. The normalized spacial score (nSPS) is 23.4. The average molecular weight is 326 g/mol. The van der Waals surface area contributed by atoms with Crippen LogP contribution in [-0.2, 0) is 9.59 Å². The molecule has 2 saturated heterocycles. The van der Waals surface area contributed by atoms with Gasteiger partial charge >= 0.3 is 11.8 Å². The minimum absolute atomic E-state index is 0.0959. The molecule has 1 N–H and O–H groups in total. The molecular formula is C18H22N4O2. The molecule has 6 nitrogen and oxygen atoms in total. The Balaban J connectivity index is 1.67. The lowest BCUT2D eigenvalue weighted by molar-refractivity contribution is -0.147. The molecule has 0 aromatic heterocycles. The molecule has 126 valence electrons. The molecule has 1 aromatic rings. The molecule has 0 spiro atoms. The Morgan fingerprint density at radius 1 is 1.29 bits per heavy atom. The van der Waals surface area contributed by atoms with Gasteiger partial charge in [-0.25, -0.2) is 0 Å². The summed E-state index contributed by atoms with van der Waals surface area (Å²) >= 11 is 0. The van der Waals surface area contributed by atoms with E-state index in [1.54, 1.807) is 29.2 Å². The van der Waals surface area contributed by atoms with Gasteiger partial charge in [0, 0.05) is 30.9 Å². The maximum absolute atomic E-state index is 12.6. The zero-order valence-electron chi connectivity index (χ0n) is 13.9. The summed E-state index contributed by atoms with van der Waals surface area (Å²) in [6.07, 6.45) is 3.11. The number of benzene rings is 1. The van der Waals surface area contributed by atoms with Crippen LogP contribution in [0.5, 0.6) is 0 Å². The van der Waals surface area contributed by atoms with E-state index in [0.29, 0.717) is 23.8 Å². The van der Waals surface area contributed by atoms with Gasteiger partial charge < -0.3 is 10.2 Å². The fraction of sp³-hybridized carbons (Fsp3) is 0.500. The van der Waals surface area contributed by atoms with Crippen molar-refractivity contribution < 1.29 is 9.59 Å². The van der Waals surface area contributed by atoms with E-state index in [4.69, 9.17) is 5.26 Å². The molecule has 6 heteroatoms. The molecule has 1 aromatic carbocycles. The van der Waals surface area contributed by atoms with Crippen molar-refractivity contribution in [1.29, 1.82) is 5.26 Å². The van der Waals surface area contributed by atoms with Crippen molar-refractivity contribution in [3.63, 3.8) is 0 Å². The fourth-order valence-electron chi connectivity index (χ4n) is 3.63. The Morgan fingerprint density at radius 3 is 2.71 bits per heavy atom. The number of nitrogens with zero attached hydrogens (tertiary/aromatic N) is 3. The Morgan fingerprint density at radius 2 is 2.04 bits per heavy atom. The molecule has 24 heavy (non-hydrogen) atoms. The first-order valence-electron chi connectivity index (χ1n) is 8.48. The third kappa shape index (κ3) is 3.26. The highest BCUT2D eigenvalue weighted by Gasteiger charge is 2.39. The number of hydrogen-bond donors (Lipinski definition) is 1. The van der Waals surface area contributed by atoms with E-state index in [9.17, 15) is 9.59 Å². The second-order valence-electron chi connectivity index (χ2n) is 6.45. The second-order valence-corrected chi connectivity index (χ2v) is 6.45. The first-order chi connectivity index (χ1) is 11.6.